The third kappa shape index (κ3) is 6.24. The molecule has 0 bridgehead atoms. The van der Waals surface area contributed by atoms with E-state index in [1.807, 2.05) is 0 Å². The largest absolute Gasteiger partial charge is 0.486 e. The molecule has 2 heterocycles. The minimum atomic E-state index is -4.46. The van der Waals surface area contributed by atoms with Crippen molar-refractivity contribution in [1.82, 2.24) is 0 Å². The van der Waals surface area contributed by atoms with Crippen LogP contribution in [0.3, 0.4) is 0 Å². The number of halogens is 3. The first-order valence-electron chi connectivity index (χ1n) is 12.5. The number of amides is 2. The molecule has 2 amide bonds. The molecule has 0 aromatic heterocycles. The Labute approximate surface area is 227 Å². The number of hydrogen-bond acceptors (Lipinski definition) is 5. The first-order valence-corrected chi connectivity index (χ1v) is 12.5. The minimum Gasteiger partial charge on any atom is -0.486 e. The number of alkyl halides is 3. The summed E-state index contributed by atoms with van der Waals surface area (Å²) < 4.78 is 50.3. The van der Waals surface area contributed by atoms with Crippen molar-refractivity contribution in [3.63, 3.8) is 0 Å². The lowest BCUT2D eigenvalue weighted by Gasteiger charge is -2.26. The van der Waals surface area contributed by atoms with E-state index in [0.717, 1.165) is 12.1 Å². The van der Waals surface area contributed by atoms with Crippen LogP contribution in [0.15, 0.2) is 85.0 Å². The molecule has 0 saturated carbocycles. The van der Waals surface area contributed by atoms with E-state index in [9.17, 15) is 27.9 Å². The monoisotopic (exact) mass is 550 g/mol. The maximum absolute atomic E-state index is 13.1. The van der Waals surface area contributed by atoms with Gasteiger partial charge in [0.1, 0.15) is 18.0 Å². The molecule has 1 atom stereocenters. The zero-order valence-electron chi connectivity index (χ0n) is 21.1. The van der Waals surface area contributed by atoms with Gasteiger partial charge in [0.05, 0.1) is 18.8 Å². The molecule has 3 N–H and O–H groups in total. The molecule has 3 aromatic carbocycles. The number of carbonyl (C=O) groups is 2. The van der Waals surface area contributed by atoms with Gasteiger partial charge >= 0.3 is 6.18 Å². The van der Waals surface area contributed by atoms with Crippen molar-refractivity contribution < 1.29 is 37.3 Å². The molecule has 0 spiro atoms. The van der Waals surface area contributed by atoms with Crippen LogP contribution in [0.4, 0.5) is 24.5 Å². The fourth-order valence-corrected chi connectivity index (χ4v) is 4.33. The molecule has 10 heteroatoms. The Bertz CT molecular complexity index is 1460. The fourth-order valence-electron chi connectivity index (χ4n) is 4.33. The summed E-state index contributed by atoms with van der Waals surface area (Å²) in [6.45, 7) is 1.04. The van der Waals surface area contributed by atoms with Crippen molar-refractivity contribution in [3.05, 3.63) is 107 Å². The van der Waals surface area contributed by atoms with Gasteiger partial charge in [-0.15, -0.1) is 0 Å². The van der Waals surface area contributed by atoms with Crippen molar-refractivity contribution in [2.75, 3.05) is 23.8 Å². The highest BCUT2D eigenvalue weighted by atomic mass is 19.4. The maximum Gasteiger partial charge on any atom is 0.416 e. The smallest absolute Gasteiger partial charge is 0.416 e. The van der Waals surface area contributed by atoms with Gasteiger partial charge in [-0.25, -0.2) is 0 Å². The van der Waals surface area contributed by atoms with Crippen LogP contribution in [0.2, 0.25) is 0 Å². The molecule has 2 aliphatic heterocycles. The second-order valence-electron chi connectivity index (χ2n) is 9.35. The number of anilines is 2. The summed E-state index contributed by atoms with van der Waals surface area (Å²) in [5.41, 5.74) is 2.64. The molecule has 7 nitrogen and oxygen atoms in total. The number of ether oxygens (including phenoxy) is 2. The average molecular weight is 551 g/mol. The highest BCUT2D eigenvalue weighted by Gasteiger charge is 2.30. The number of benzene rings is 3. The predicted molar refractivity (Wildman–Crippen MR) is 143 cm³/mol. The van der Waals surface area contributed by atoms with Crippen LogP contribution in [0.25, 0.3) is 5.57 Å². The van der Waals surface area contributed by atoms with E-state index in [1.54, 1.807) is 48.5 Å². The third-order valence-corrected chi connectivity index (χ3v) is 6.50. The number of carbonyl (C=O) groups excluding carboxylic acids is 2. The summed E-state index contributed by atoms with van der Waals surface area (Å²) in [7, 11) is 0. The van der Waals surface area contributed by atoms with Gasteiger partial charge in [0, 0.05) is 29.4 Å². The molecule has 206 valence electrons. The van der Waals surface area contributed by atoms with E-state index in [2.05, 4.69) is 10.6 Å². The standard InChI is InChI=1S/C30H25F3N2O5/c31-30(32,33)20-11-7-18(8-12-20)23(19-9-13-21(14-10-19)40-22-16-39-17-22)3-1-6-28(37)34-25-4-2-5-26-24(25)15-27(36)29(38)35-26/h1-14,22,27,36H,15-17H2,(H,34,37)(H,35,38)/b6-1+,23-3+. The van der Waals surface area contributed by atoms with E-state index >= 15 is 0 Å². The highest BCUT2D eigenvalue weighted by Crippen LogP contribution is 2.32. The van der Waals surface area contributed by atoms with Crippen LogP contribution in [-0.2, 0) is 26.9 Å². The van der Waals surface area contributed by atoms with Gasteiger partial charge in [0.15, 0.2) is 0 Å². The SMILES string of the molecule is O=C(/C=C/C=C(/c1ccc(OC2COC2)cc1)c1ccc(C(F)(F)F)cc1)Nc1cccc2c1CC(O)C(=O)N2. The van der Waals surface area contributed by atoms with Gasteiger partial charge in [-0.3, -0.25) is 9.59 Å². The first kappa shape index (κ1) is 27.2. The zero-order chi connectivity index (χ0) is 28.3. The molecule has 0 aliphatic carbocycles. The summed E-state index contributed by atoms with van der Waals surface area (Å²) in [4.78, 5) is 24.5. The van der Waals surface area contributed by atoms with Crippen molar-refractivity contribution in [2.45, 2.75) is 24.8 Å². The molecular weight excluding hydrogens is 525 g/mol. The van der Waals surface area contributed by atoms with Gasteiger partial charge in [-0.05, 0) is 53.1 Å². The Kier molecular flexibility index (Phi) is 7.72. The molecule has 1 unspecified atom stereocenters. The molecule has 2 aliphatic rings. The first-order chi connectivity index (χ1) is 19.2. The van der Waals surface area contributed by atoms with Gasteiger partial charge in [-0.1, -0.05) is 42.5 Å². The second kappa shape index (κ2) is 11.4. The molecule has 1 fully saturated rings. The molecule has 3 aromatic rings. The van der Waals surface area contributed by atoms with E-state index in [4.69, 9.17) is 9.47 Å². The van der Waals surface area contributed by atoms with Crippen molar-refractivity contribution in [3.8, 4) is 5.75 Å². The molecular formula is C30H25F3N2O5. The van der Waals surface area contributed by atoms with Crippen molar-refractivity contribution in [1.29, 1.82) is 0 Å². The summed E-state index contributed by atoms with van der Waals surface area (Å²) in [6.07, 6.45) is -1.18. The van der Waals surface area contributed by atoms with Crippen molar-refractivity contribution in [2.24, 2.45) is 0 Å². The quantitative estimate of drug-likeness (QED) is 0.285. The average Bonchev–Trinajstić information content (AvgIpc) is 2.90. The van der Waals surface area contributed by atoms with Crippen molar-refractivity contribution >= 4 is 28.8 Å². The number of aliphatic hydroxyl groups excluding tert-OH is 1. The summed E-state index contributed by atoms with van der Waals surface area (Å²) in [5.74, 6) is -0.325. The number of allylic oxidation sites excluding steroid dienone is 2. The topological polar surface area (TPSA) is 96.9 Å². The fraction of sp³-hybridized carbons (Fsp3) is 0.200. The highest BCUT2D eigenvalue weighted by molar-refractivity contribution is 6.03. The second-order valence-corrected chi connectivity index (χ2v) is 9.35. The lowest BCUT2D eigenvalue weighted by atomic mass is 9.96. The summed E-state index contributed by atoms with van der Waals surface area (Å²) in [6, 6.07) is 16.9. The summed E-state index contributed by atoms with van der Waals surface area (Å²) >= 11 is 0. The van der Waals surface area contributed by atoms with Gasteiger partial charge in [0.2, 0.25) is 5.91 Å². The predicted octanol–water partition coefficient (Wildman–Crippen LogP) is 4.97. The number of aliphatic hydroxyl groups is 1. The molecule has 5 rings (SSSR count). The van der Waals surface area contributed by atoms with Crippen LogP contribution in [0.1, 0.15) is 22.3 Å². The normalized spacial score (nSPS) is 17.6. The lowest BCUT2D eigenvalue weighted by Crippen LogP contribution is -2.38. The lowest BCUT2D eigenvalue weighted by molar-refractivity contribution is -0.137. The van der Waals surface area contributed by atoms with Crippen LogP contribution in [-0.4, -0.2) is 42.3 Å². The molecule has 40 heavy (non-hydrogen) atoms. The molecule has 1 saturated heterocycles. The summed E-state index contributed by atoms with van der Waals surface area (Å²) in [5, 5.41) is 15.3. The minimum absolute atomic E-state index is 0.00743. The van der Waals surface area contributed by atoms with Crippen LogP contribution in [0, 0.1) is 0 Å². The zero-order valence-corrected chi connectivity index (χ0v) is 21.1. The molecule has 0 radical (unpaired) electrons. The van der Waals surface area contributed by atoms with E-state index in [1.165, 1.54) is 24.3 Å². The van der Waals surface area contributed by atoms with E-state index in [-0.39, 0.29) is 12.5 Å². The van der Waals surface area contributed by atoms with Gasteiger partial charge in [0.25, 0.3) is 5.91 Å². The Balaban J connectivity index is 1.37. The number of rotatable bonds is 7. The Morgan fingerprint density at radius 2 is 1.70 bits per heavy atom. The van der Waals surface area contributed by atoms with Gasteiger partial charge in [-0.2, -0.15) is 13.2 Å². The number of fused-ring (bicyclic) bond motifs is 1. The van der Waals surface area contributed by atoms with Crippen LogP contribution in [0.5, 0.6) is 5.75 Å². The van der Waals surface area contributed by atoms with E-state index < -0.39 is 29.7 Å². The van der Waals surface area contributed by atoms with Crippen LogP contribution >= 0.6 is 0 Å². The Morgan fingerprint density at radius 3 is 2.33 bits per heavy atom. The van der Waals surface area contributed by atoms with E-state index in [0.29, 0.717) is 52.6 Å². The van der Waals surface area contributed by atoms with Gasteiger partial charge < -0.3 is 25.2 Å². The Morgan fingerprint density at radius 1 is 1.02 bits per heavy atom. The number of nitrogens with one attached hydrogen (secondary N) is 2. The Hall–Kier alpha value is -4.41. The third-order valence-electron chi connectivity index (χ3n) is 6.50. The van der Waals surface area contributed by atoms with Crippen LogP contribution < -0.4 is 15.4 Å². The maximum atomic E-state index is 13.1. The number of hydrogen-bond donors (Lipinski definition) is 3.